The van der Waals surface area contributed by atoms with E-state index in [1.165, 1.54) is 0 Å². The highest BCUT2D eigenvalue weighted by Gasteiger charge is 2.13. The molecule has 0 aliphatic heterocycles. The van der Waals surface area contributed by atoms with Gasteiger partial charge in [0.25, 0.3) is 0 Å². The first-order valence-electron chi connectivity index (χ1n) is 5.20. The lowest BCUT2D eigenvalue weighted by atomic mass is 10.3. The SMILES string of the molecule is COCCN(CCC#N)c1c(N)cncc1Br. The number of nitrogen functional groups attached to an aromatic ring is 1. The Bertz CT molecular complexity index is 385. The fourth-order valence-electron chi connectivity index (χ4n) is 1.50. The highest BCUT2D eigenvalue weighted by molar-refractivity contribution is 9.10. The molecule has 5 nitrogen and oxygen atoms in total. The summed E-state index contributed by atoms with van der Waals surface area (Å²) in [5.74, 6) is 0. The van der Waals surface area contributed by atoms with Crippen LogP contribution in [0.25, 0.3) is 0 Å². The summed E-state index contributed by atoms with van der Waals surface area (Å²) in [6, 6.07) is 2.13. The molecule has 2 N–H and O–H groups in total. The number of ether oxygens (including phenoxy) is 1. The van der Waals surface area contributed by atoms with Gasteiger partial charge in [-0.15, -0.1) is 0 Å². The summed E-state index contributed by atoms with van der Waals surface area (Å²) in [6.45, 7) is 1.89. The van der Waals surface area contributed by atoms with E-state index in [4.69, 9.17) is 15.7 Å². The van der Waals surface area contributed by atoms with E-state index in [2.05, 4.69) is 27.0 Å². The zero-order valence-electron chi connectivity index (χ0n) is 9.69. The Morgan fingerprint density at radius 2 is 2.29 bits per heavy atom. The molecule has 0 radical (unpaired) electrons. The highest BCUT2D eigenvalue weighted by atomic mass is 79.9. The lowest BCUT2D eigenvalue weighted by molar-refractivity contribution is 0.205. The normalized spacial score (nSPS) is 9.94. The third-order valence-corrected chi connectivity index (χ3v) is 2.86. The first-order valence-corrected chi connectivity index (χ1v) is 5.99. The van der Waals surface area contributed by atoms with E-state index in [1.807, 2.05) is 4.90 Å². The number of hydrogen-bond donors (Lipinski definition) is 1. The van der Waals surface area contributed by atoms with E-state index in [0.29, 0.717) is 31.8 Å². The molecule has 1 heterocycles. The number of anilines is 2. The number of rotatable bonds is 6. The van der Waals surface area contributed by atoms with Gasteiger partial charge in [0, 0.05) is 26.4 Å². The number of nitriles is 1. The molecular formula is C11H15BrN4O. The number of halogens is 1. The smallest absolute Gasteiger partial charge is 0.0777 e. The van der Waals surface area contributed by atoms with Gasteiger partial charge < -0.3 is 15.4 Å². The molecule has 1 aromatic rings. The van der Waals surface area contributed by atoms with E-state index < -0.39 is 0 Å². The van der Waals surface area contributed by atoms with E-state index in [0.717, 1.165) is 10.2 Å². The quantitative estimate of drug-likeness (QED) is 0.866. The molecule has 0 aliphatic carbocycles. The van der Waals surface area contributed by atoms with Crippen LogP contribution in [-0.2, 0) is 4.74 Å². The summed E-state index contributed by atoms with van der Waals surface area (Å²) in [6.07, 6.45) is 3.74. The maximum Gasteiger partial charge on any atom is 0.0777 e. The van der Waals surface area contributed by atoms with Crippen molar-refractivity contribution in [3.63, 3.8) is 0 Å². The minimum atomic E-state index is 0.442. The average molecular weight is 299 g/mol. The van der Waals surface area contributed by atoms with Crippen molar-refractivity contribution >= 4 is 27.3 Å². The minimum absolute atomic E-state index is 0.442. The van der Waals surface area contributed by atoms with Gasteiger partial charge in [-0.25, -0.2) is 0 Å². The maximum atomic E-state index is 8.66. The van der Waals surface area contributed by atoms with Crippen LogP contribution in [-0.4, -0.2) is 31.8 Å². The molecule has 0 bridgehead atoms. The topological polar surface area (TPSA) is 75.2 Å². The van der Waals surface area contributed by atoms with E-state index in [9.17, 15) is 0 Å². The van der Waals surface area contributed by atoms with Crippen molar-refractivity contribution in [2.45, 2.75) is 6.42 Å². The highest BCUT2D eigenvalue weighted by Crippen LogP contribution is 2.31. The molecule has 0 spiro atoms. The van der Waals surface area contributed by atoms with Crippen LogP contribution in [0.15, 0.2) is 16.9 Å². The predicted octanol–water partition coefficient (Wildman–Crippen LogP) is 1.79. The van der Waals surface area contributed by atoms with Gasteiger partial charge in [-0.05, 0) is 15.9 Å². The van der Waals surface area contributed by atoms with E-state index >= 15 is 0 Å². The fraction of sp³-hybridized carbons (Fsp3) is 0.455. The molecule has 0 saturated heterocycles. The van der Waals surface area contributed by atoms with Gasteiger partial charge in [0.15, 0.2) is 0 Å². The number of aromatic nitrogens is 1. The molecule has 0 atom stereocenters. The number of pyridine rings is 1. The number of methoxy groups -OCH3 is 1. The maximum absolute atomic E-state index is 8.66. The Hall–Kier alpha value is -1.32. The molecule has 92 valence electrons. The van der Waals surface area contributed by atoms with Crippen molar-refractivity contribution in [2.75, 3.05) is 37.4 Å². The Labute approximate surface area is 109 Å². The van der Waals surface area contributed by atoms with Crippen molar-refractivity contribution in [3.05, 3.63) is 16.9 Å². The lowest BCUT2D eigenvalue weighted by Crippen LogP contribution is -2.29. The monoisotopic (exact) mass is 298 g/mol. The average Bonchev–Trinajstić information content (AvgIpc) is 2.31. The first kappa shape index (κ1) is 13.7. The van der Waals surface area contributed by atoms with Crippen LogP contribution >= 0.6 is 15.9 Å². The second kappa shape index (κ2) is 7.09. The second-order valence-corrected chi connectivity index (χ2v) is 4.30. The van der Waals surface area contributed by atoms with Crippen molar-refractivity contribution in [1.29, 1.82) is 5.26 Å². The van der Waals surface area contributed by atoms with Gasteiger partial charge in [-0.3, -0.25) is 4.98 Å². The van der Waals surface area contributed by atoms with Gasteiger partial charge in [-0.2, -0.15) is 5.26 Å². The molecule has 0 aliphatic rings. The van der Waals surface area contributed by atoms with Crippen LogP contribution in [0.4, 0.5) is 11.4 Å². The molecular weight excluding hydrogens is 284 g/mol. The van der Waals surface area contributed by atoms with Crippen molar-refractivity contribution in [3.8, 4) is 6.07 Å². The fourth-order valence-corrected chi connectivity index (χ4v) is 2.10. The van der Waals surface area contributed by atoms with E-state index in [-0.39, 0.29) is 0 Å². The first-order chi connectivity index (χ1) is 8.20. The number of hydrogen-bond acceptors (Lipinski definition) is 5. The van der Waals surface area contributed by atoms with Crippen LogP contribution in [0.3, 0.4) is 0 Å². The molecule has 0 fully saturated rings. The third kappa shape index (κ3) is 3.88. The molecule has 0 saturated carbocycles. The van der Waals surface area contributed by atoms with Crippen LogP contribution in [0.1, 0.15) is 6.42 Å². The second-order valence-electron chi connectivity index (χ2n) is 3.45. The Balaban J connectivity index is 2.91. The summed E-state index contributed by atoms with van der Waals surface area (Å²) in [5, 5.41) is 8.66. The van der Waals surface area contributed by atoms with Crippen LogP contribution in [0, 0.1) is 11.3 Å². The summed E-state index contributed by atoms with van der Waals surface area (Å²) < 4.78 is 5.88. The van der Waals surface area contributed by atoms with Crippen LogP contribution in [0.5, 0.6) is 0 Å². The van der Waals surface area contributed by atoms with Crippen LogP contribution in [0.2, 0.25) is 0 Å². The van der Waals surface area contributed by atoms with Gasteiger partial charge >= 0.3 is 0 Å². The third-order valence-electron chi connectivity index (χ3n) is 2.28. The van der Waals surface area contributed by atoms with E-state index in [1.54, 1.807) is 19.5 Å². The van der Waals surface area contributed by atoms with Gasteiger partial charge in [0.05, 0.1) is 41.1 Å². The van der Waals surface area contributed by atoms with Gasteiger partial charge in [0.1, 0.15) is 0 Å². The standard InChI is InChI=1S/C11H15BrN4O/c1-17-6-5-16(4-2-3-13)11-9(12)7-15-8-10(11)14/h7-8H,2,4-6,14H2,1H3. The molecule has 17 heavy (non-hydrogen) atoms. The van der Waals surface area contributed by atoms with Gasteiger partial charge in [-0.1, -0.05) is 0 Å². The molecule has 6 heteroatoms. The van der Waals surface area contributed by atoms with Crippen molar-refractivity contribution in [2.24, 2.45) is 0 Å². The largest absolute Gasteiger partial charge is 0.396 e. The number of nitrogens with zero attached hydrogens (tertiary/aromatic N) is 3. The summed E-state index contributed by atoms with van der Waals surface area (Å²) in [4.78, 5) is 6.01. The molecule has 0 aromatic carbocycles. The lowest BCUT2D eigenvalue weighted by Gasteiger charge is -2.25. The van der Waals surface area contributed by atoms with Crippen molar-refractivity contribution < 1.29 is 4.74 Å². The summed E-state index contributed by atoms with van der Waals surface area (Å²) in [7, 11) is 1.65. The van der Waals surface area contributed by atoms with Gasteiger partial charge in [0.2, 0.25) is 0 Å². The molecule has 0 amide bonds. The molecule has 1 rings (SSSR count). The van der Waals surface area contributed by atoms with Crippen molar-refractivity contribution in [1.82, 2.24) is 4.98 Å². The minimum Gasteiger partial charge on any atom is -0.396 e. The number of nitrogens with two attached hydrogens (primary N) is 1. The van der Waals surface area contributed by atoms with Crippen LogP contribution < -0.4 is 10.6 Å². The Morgan fingerprint density at radius 1 is 1.53 bits per heavy atom. The molecule has 0 unspecified atom stereocenters. The Kier molecular flexibility index (Phi) is 5.73. The zero-order chi connectivity index (χ0) is 12.7. The Morgan fingerprint density at radius 3 is 2.88 bits per heavy atom. The summed E-state index contributed by atoms with van der Waals surface area (Å²) in [5.41, 5.74) is 7.37. The zero-order valence-corrected chi connectivity index (χ0v) is 11.3. The molecule has 1 aromatic heterocycles. The summed E-state index contributed by atoms with van der Waals surface area (Å²) >= 11 is 3.42. The predicted molar refractivity (Wildman–Crippen MR) is 70.7 cm³/mol.